The van der Waals surface area contributed by atoms with Crippen LogP contribution in [0.15, 0.2) is 146 Å². The first-order valence-electron chi connectivity index (χ1n) is 15.3. The van der Waals surface area contributed by atoms with Crippen LogP contribution < -0.4 is 31.8 Å². The number of hydrogen-bond acceptors (Lipinski definition) is 0. The van der Waals surface area contributed by atoms with Gasteiger partial charge in [-0.15, -0.1) is 0 Å². The fourth-order valence-electron chi connectivity index (χ4n) is 5.06. The molecule has 0 atom stereocenters. The zero-order valence-electron chi connectivity index (χ0n) is 27.1. The van der Waals surface area contributed by atoms with E-state index in [2.05, 4.69) is 187 Å². The summed E-state index contributed by atoms with van der Waals surface area (Å²) >= 11 is 0. The molecule has 6 rings (SSSR count). The third-order valence-corrected chi connectivity index (χ3v) is 12.6. The Labute approximate surface area is 287 Å². The normalized spacial score (nSPS) is 10.7. The van der Waals surface area contributed by atoms with Gasteiger partial charge in [0, 0.05) is 0 Å². The summed E-state index contributed by atoms with van der Waals surface area (Å²) in [6.07, 6.45) is 0. The molecule has 0 aliphatic rings. The fraction of sp³-hybridized carbons (Fsp3) is 0.143. The first-order chi connectivity index (χ1) is 21.3. The van der Waals surface area contributed by atoms with E-state index in [1.165, 1.54) is 65.2 Å². The molecule has 228 valence electrons. The van der Waals surface area contributed by atoms with Crippen LogP contribution in [0.5, 0.6) is 0 Å². The quantitative estimate of drug-likeness (QED) is 0.120. The smallest absolute Gasteiger partial charge is 0.0587 e. The zero-order chi connectivity index (χ0) is 31.1. The van der Waals surface area contributed by atoms with Crippen molar-refractivity contribution < 1.29 is 20.4 Å². The van der Waals surface area contributed by atoms with Gasteiger partial charge >= 0.3 is 20.4 Å². The summed E-state index contributed by atoms with van der Waals surface area (Å²) in [5, 5.41) is 8.46. The summed E-state index contributed by atoms with van der Waals surface area (Å²) in [7, 11) is -0.966. The molecular weight excluding hydrogens is 673 g/mol. The van der Waals surface area contributed by atoms with Gasteiger partial charge < -0.3 is 0 Å². The zero-order valence-corrected chi connectivity index (χ0v) is 30.4. The molecule has 45 heavy (non-hydrogen) atoms. The van der Waals surface area contributed by atoms with Gasteiger partial charge in [0.05, 0.1) is 0 Å². The Kier molecular flexibility index (Phi) is 12.7. The summed E-state index contributed by atoms with van der Waals surface area (Å²) in [6.45, 7) is 12.9. The second-order valence-corrected chi connectivity index (χ2v) is 16.1. The molecule has 0 saturated heterocycles. The van der Waals surface area contributed by atoms with Crippen LogP contribution in [0, 0.1) is 41.5 Å². The van der Waals surface area contributed by atoms with Gasteiger partial charge in [0.25, 0.3) is 0 Å². The maximum atomic E-state index is 2.28. The van der Waals surface area contributed by atoms with E-state index in [1.807, 2.05) is 0 Å². The minimum absolute atomic E-state index is 0. The Hall–Kier alpha value is -3.16. The molecule has 0 aromatic heterocycles. The van der Waals surface area contributed by atoms with E-state index in [9.17, 15) is 0 Å². The summed E-state index contributed by atoms with van der Waals surface area (Å²) in [6, 6.07) is 53.9. The molecule has 0 spiro atoms. The molecule has 0 N–H and O–H groups in total. The largest absolute Gasteiger partial charge is 2.00 e. The number of benzene rings is 6. The van der Waals surface area contributed by atoms with E-state index in [-0.39, 0.29) is 20.4 Å². The molecule has 0 amide bonds. The molecule has 0 bridgehead atoms. The van der Waals surface area contributed by atoms with Crippen LogP contribution >= 0.6 is 15.8 Å². The maximum absolute atomic E-state index is 2.28. The third-order valence-electron chi connectivity index (χ3n) is 7.75. The van der Waals surface area contributed by atoms with Gasteiger partial charge in [-0.2, -0.15) is 0 Å². The molecule has 0 radical (unpaired) electrons. The summed E-state index contributed by atoms with van der Waals surface area (Å²) in [4.78, 5) is 0. The van der Waals surface area contributed by atoms with Gasteiger partial charge in [-0.1, -0.05) is 179 Å². The van der Waals surface area contributed by atoms with Crippen molar-refractivity contribution >= 4 is 47.7 Å². The summed E-state index contributed by atoms with van der Waals surface area (Å²) in [5.74, 6) is 0. The van der Waals surface area contributed by atoms with Crippen molar-refractivity contribution in [3.8, 4) is 0 Å². The van der Waals surface area contributed by atoms with Crippen molar-refractivity contribution in [2.24, 2.45) is 0 Å². The van der Waals surface area contributed by atoms with E-state index in [4.69, 9.17) is 0 Å². The molecule has 0 aliphatic carbocycles. The standard InChI is InChI=1S/2C21H21P.Pd/c2*1-16-4-10-19(11-5-16)22(20-12-6-17(2)7-13-20)21-14-8-18(3)9-15-21;/h2*4-15H,1-3H3;/q;;+2. The number of hydrogen-bond donors (Lipinski definition) is 0. The van der Waals surface area contributed by atoms with E-state index < -0.39 is 15.8 Å². The van der Waals surface area contributed by atoms with Gasteiger partial charge in [0.1, 0.15) is 0 Å². The van der Waals surface area contributed by atoms with Crippen molar-refractivity contribution in [3.05, 3.63) is 179 Å². The molecular formula is C42H42P2Pd+2. The topological polar surface area (TPSA) is 0 Å². The van der Waals surface area contributed by atoms with Crippen LogP contribution in [0.3, 0.4) is 0 Å². The number of aryl methyl sites for hydroxylation is 6. The Bertz CT molecular complexity index is 1400. The van der Waals surface area contributed by atoms with E-state index in [0.29, 0.717) is 0 Å². The van der Waals surface area contributed by atoms with Crippen molar-refractivity contribution in [1.82, 2.24) is 0 Å². The predicted octanol–water partition coefficient (Wildman–Crippen LogP) is 8.74. The van der Waals surface area contributed by atoms with E-state index in [0.717, 1.165) is 0 Å². The van der Waals surface area contributed by atoms with Crippen LogP contribution in [0.25, 0.3) is 0 Å². The molecule has 6 aromatic carbocycles. The molecule has 0 nitrogen and oxygen atoms in total. The SMILES string of the molecule is Cc1ccc(P(c2ccc(C)cc2)c2ccc(C)cc2)cc1.Cc1ccc(P(c2ccc(C)cc2)c2ccc(C)cc2)cc1.[Pd+2]. The van der Waals surface area contributed by atoms with E-state index in [1.54, 1.807) is 0 Å². The average Bonchev–Trinajstić information content (AvgIpc) is 3.03. The molecule has 3 heteroatoms. The van der Waals surface area contributed by atoms with Crippen LogP contribution in [-0.4, -0.2) is 0 Å². The molecule has 0 aliphatic heterocycles. The summed E-state index contributed by atoms with van der Waals surface area (Å²) < 4.78 is 0. The molecule has 0 saturated carbocycles. The summed E-state index contributed by atoms with van der Waals surface area (Å²) in [5.41, 5.74) is 7.87. The first kappa shape index (κ1) is 34.7. The Morgan fingerprint density at radius 3 is 0.444 bits per heavy atom. The van der Waals surface area contributed by atoms with Crippen molar-refractivity contribution in [3.63, 3.8) is 0 Å². The molecule has 6 aromatic rings. The monoisotopic (exact) mass is 714 g/mol. The van der Waals surface area contributed by atoms with Crippen LogP contribution in [0.1, 0.15) is 33.4 Å². The minimum Gasteiger partial charge on any atom is -0.0587 e. The van der Waals surface area contributed by atoms with Crippen molar-refractivity contribution in [2.75, 3.05) is 0 Å². The first-order valence-corrected chi connectivity index (χ1v) is 18.0. The third kappa shape index (κ3) is 9.43. The van der Waals surface area contributed by atoms with Crippen LogP contribution in [-0.2, 0) is 20.4 Å². The fourth-order valence-corrected chi connectivity index (χ4v) is 9.53. The molecule has 0 unspecified atom stereocenters. The van der Waals surface area contributed by atoms with E-state index >= 15 is 0 Å². The Morgan fingerprint density at radius 1 is 0.222 bits per heavy atom. The number of rotatable bonds is 6. The Morgan fingerprint density at radius 2 is 0.333 bits per heavy atom. The van der Waals surface area contributed by atoms with Gasteiger partial charge in [-0.3, -0.25) is 0 Å². The second kappa shape index (κ2) is 16.4. The van der Waals surface area contributed by atoms with Gasteiger partial charge in [-0.05, 0) is 89.2 Å². The van der Waals surface area contributed by atoms with Crippen molar-refractivity contribution in [2.45, 2.75) is 41.5 Å². The molecule has 0 heterocycles. The second-order valence-electron chi connectivity index (χ2n) is 11.7. The van der Waals surface area contributed by atoms with Crippen molar-refractivity contribution in [1.29, 1.82) is 0 Å². The maximum Gasteiger partial charge on any atom is 2.00 e. The van der Waals surface area contributed by atoms with Gasteiger partial charge in [-0.25, -0.2) is 0 Å². The minimum atomic E-state index is -0.483. The van der Waals surface area contributed by atoms with Crippen LogP contribution in [0.2, 0.25) is 0 Å². The van der Waals surface area contributed by atoms with Gasteiger partial charge in [0.15, 0.2) is 0 Å². The molecule has 0 fully saturated rings. The predicted molar refractivity (Wildman–Crippen MR) is 199 cm³/mol. The van der Waals surface area contributed by atoms with Gasteiger partial charge in [0.2, 0.25) is 0 Å². The Balaban J connectivity index is 0.000000200. The van der Waals surface area contributed by atoms with Crippen LogP contribution in [0.4, 0.5) is 0 Å². The average molecular weight is 715 g/mol.